The van der Waals surface area contributed by atoms with Gasteiger partial charge in [-0.15, -0.1) is 0 Å². The van der Waals surface area contributed by atoms with Crippen LogP contribution in [0.25, 0.3) is 10.9 Å². The van der Waals surface area contributed by atoms with Crippen LogP contribution in [-0.2, 0) is 16.0 Å². The number of aromatic nitrogens is 1. The first-order valence-electron chi connectivity index (χ1n) is 5.29. The molecule has 0 saturated heterocycles. The number of aromatic amines is 1. The van der Waals surface area contributed by atoms with Crippen LogP contribution < -0.4 is 5.32 Å². The van der Waals surface area contributed by atoms with Crippen molar-refractivity contribution in [3.05, 3.63) is 30.0 Å². The highest BCUT2D eigenvalue weighted by Gasteiger charge is 2.31. The molecule has 1 aromatic heterocycles. The van der Waals surface area contributed by atoms with Gasteiger partial charge >= 0.3 is 5.97 Å². The number of nitrogens with one attached hydrogen (secondary N) is 2. The molecule has 86 valence electrons. The number of carbonyl (C=O) groups excluding carboxylic acids is 1. The minimum absolute atomic E-state index is 0.220. The standard InChI is InChI=1S/C12H10N2O3/c15-11-7(12(16)17)4-6-5-13-8-2-1-3-9(14-11)10(6)8/h1-3,5,7,13H,4H2,(H,14,15)(H,16,17). The minimum atomic E-state index is -1.09. The Bertz CT molecular complexity index is 630. The molecule has 0 saturated carbocycles. The second-order valence-corrected chi connectivity index (χ2v) is 4.13. The van der Waals surface area contributed by atoms with Gasteiger partial charge in [-0.25, -0.2) is 0 Å². The van der Waals surface area contributed by atoms with Crippen LogP contribution in [0.3, 0.4) is 0 Å². The number of aliphatic carboxylic acids is 1. The van der Waals surface area contributed by atoms with Gasteiger partial charge in [-0.05, 0) is 24.1 Å². The van der Waals surface area contributed by atoms with E-state index in [1.54, 1.807) is 12.3 Å². The third kappa shape index (κ3) is 1.39. The third-order valence-corrected chi connectivity index (χ3v) is 3.08. The summed E-state index contributed by atoms with van der Waals surface area (Å²) in [5.74, 6) is -2.58. The zero-order valence-electron chi connectivity index (χ0n) is 8.86. The minimum Gasteiger partial charge on any atom is -0.481 e. The van der Waals surface area contributed by atoms with Gasteiger partial charge in [-0.3, -0.25) is 9.59 Å². The lowest BCUT2D eigenvalue weighted by Crippen LogP contribution is -2.29. The fourth-order valence-electron chi connectivity index (χ4n) is 2.25. The van der Waals surface area contributed by atoms with Crippen molar-refractivity contribution in [1.29, 1.82) is 0 Å². The fraction of sp³-hybridized carbons (Fsp3) is 0.167. The largest absolute Gasteiger partial charge is 0.481 e. The molecule has 1 aliphatic heterocycles. The lowest BCUT2D eigenvalue weighted by atomic mass is 10.00. The van der Waals surface area contributed by atoms with E-state index in [1.807, 2.05) is 12.1 Å². The molecule has 3 rings (SSSR count). The van der Waals surface area contributed by atoms with Gasteiger partial charge in [0, 0.05) is 17.1 Å². The molecule has 17 heavy (non-hydrogen) atoms. The van der Waals surface area contributed by atoms with Gasteiger partial charge in [0.2, 0.25) is 5.91 Å². The van der Waals surface area contributed by atoms with Crippen LogP contribution in [0.4, 0.5) is 5.69 Å². The van der Waals surface area contributed by atoms with E-state index < -0.39 is 17.8 Å². The van der Waals surface area contributed by atoms with Gasteiger partial charge in [0.25, 0.3) is 0 Å². The second-order valence-electron chi connectivity index (χ2n) is 4.13. The summed E-state index contributed by atoms with van der Waals surface area (Å²) in [5.41, 5.74) is 2.44. The van der Waals surface area contributed by atoms with E-state index in [9.17, 15) is 9.59 Å². The summed E-state index contributed by atoms with van der Waals surface area (Å²) in [4.78, 5) is 25.9. The first kappa shape index (κ1) is 9.89. The van der Waals surface area contributed by atoms with Crippen LogP contribution in [0.5, 0.6) is 0 Å². The van der Waals surface area contributed by atoms with Crippen molar-refractivity contribution >= 4 is 28.5 Å². The Hall–Kier alpha value is -2.30. The summed E-state index contributed by atoms with van der Waals surface area (Å²) in [5, 5.41) is 12.6. The van der Waals surface area contributed by atoms with E-state index in [1.165, 1.54) is 0 Å². The van der Waals surface area contributed by atoms with E-state index in [0.717, 1.165) is 16.5 Å². The van der Waals surface area contributed by atoms with Gasteiger partial charge < -0.3 is 15.4 Å². The summed E-state index contributed by atoms with van der Waals surface area (Å²) in [7, 11) is 0. The Morgan fingerprint density at radius 1 is 1.41 bits per heavy atom. The Balaban J connectivity index is 2.21. The maximum Gasteiger partial charge on any atom is 0.316 e. The van der Waals surface area contributed by atoms with Crippen molar-refractivity contribution in [1.82, 2.24) is 4.98 Å². The number of hydrogen-bond acceptors (Lipinski definition) is 2. The molecule has 0 radical (unpaired) electrons. The van der Waals surface area contributed by atoms with E-state index in [-0.39, 0.29) is 6.42 Å². The molecule has 5 heteroatoms. The normalized spacial score (nSPS) is 18.8. The second kappa shape index (κ2) is 3.35. The Kier molecular flexibility index (Phi) is 1.95. The van der Waals surface area contributed by atoms with Crippen molar-refractivity contribution in [2.24, 2.45) is 5.92 Å². The molecule has 1 amide bonds. The number of amides is 1. The molecule has 1 unspecified atom stereocenters. The average molecular weight is 230 g/mol. The predicted octanol–water partition coefficient (Wildman–Crippen LogP) is 1.36. The highest BCUT2D eigenvalue weighted by atomic mass is 16.4. The molecule has 2 heterocycles. The molecule has 0 bridgehead atoms. The number of carboxylic acids is 1. The highest BCUT2D eigenvalue weighted by molar-refractivity contribution is 6.11. The quantitative estimate of drug-likeness (QED) is 0.647. The fourth-order valence-corrected chi connectivity index (χ4v) is 2.25. The zero-order valence-corrected chi connectivity index (χ0v) is 8.86. The van der Waals surface area contributed by atoms with Crippen LogP contribution in [0.15, 0.2) is 24.4 Å². The highest BCUT2D eigenvalue weighted by Crippen LogP contribution is 2.31. The lowest BCUT2D eigenvalue weighted by molar-refractivity contribution is -0.145. The molecule has 1 aromatic carbocycles. The zero-order chi connectivity index (χ0) is 12.0. The molecule has 3 N–H and O–H groups in total. The van der Waals surface area contributed by atoms with Gasteiger partial charge in [-0.2, -0.15) is 0 Å². The smallest absolute Gasteiger partial charge is 0.316 e. The number of hydrogen-bond donors (Lipinski definition) is 3. The number of rotatable bonds is 1. The third-order valence-electron chi connectivity index (χ3n) is 3.08. The molecule has 0 fully saturated rings. The maximum atomic E-state index is 11.8. The van der Waals surface area contributed by atoms with Crippen molar-refractivity contribution < 1.29 is 14.7 Å². The first-order valence-corrected chi connectivity index (χ1v) is 5.29. The van der Waals surface area contributed by atoms with E-state index in [4.69, 9.17) is 5.11 Å². The summed E-state index contributed by atoms with van der Waals surface area (Å²) < 4.78 is 0. The number of carboxylic acid groups (broad SMARTS) is 1. The Morgan fingerprint density at radius 2 is 2.24 bits per heavy atom. The van der Waals surface area contributed by atoms with E-state index in [0.29, 0.717) is 5.69 Å². The number of anilines is 1. The molecular formula is C12H10N2O3. The van der Waals surface area contributed by atoms with Crippen LogP contribution in [0.2, 0.25) is 0 Å². The molecule has 2 aromatic rings. The molecule has 0 spiro atoms. The molecule has 1 aliphatic rings. The summed E-state index contributed by atoms with van der Waals surface area (Å²) in [6.07, 6.45) is 1.99. The van der Waals surface area contributed by atoms with Crippen molar-refractivity contribution in [3.8, 4) is 0 Å². The van der Waals surface area contributed by atoms with Crippen LogP contribution in [-0.4, -0.2) is 22.0 Å². The molecule has 0 aliphatic carbocycles. The molecule has 5 nitrogen and oxygen atoms in total. The molecular weight excluding hydrogens is 220 g/mol. The van der Waals surface area contributed by atoms with Crippen molar-refractivity contribution in [2.75, 3.05) is 5.32 Å². The van der Waals surface area contributed by atoms with Crippen LogP contribution >= 0.6 is 0 Å². The van der Waals surface area contributed by atoms with E-state index in [2.05, 4.69) is 10.3 Å². The Labute approximate surface area is 96.4 Å². The predicted molar refractivity (Wildman–Crippen MR) is 61.8 cm³/mol. The van der Waals surface area contributed by atoms with Crippen molar-refractivity contribution in [3.63, 3.8) is 0 Å². The van der Waals surface area contributed by atoms with Gasteiger partial charge in [-0.1, -0.05) is 6.07 Å². The monoisotopic (exact) mass is 230 g/mol. The summed E-state index contributed by atoms with van der Waals surface area (Å²) in [6.45, 7) is 0. The average Bonchev–Trinajstić information content (AvgIpc) is 2.62. The van der Waals surface area contributed by atoms with Crippen LogP contribution in [0.1, 0.15) is 5.56 Å². The topological polar surface area (TPSA) is 82.2 Å². The summed E-state index contributed by atoms with van der Waals surface area (Å²) in [6, 6.07) is 5.50. The van der Waals surface area contributed by atoms with Gasteiger partial charge in [0.05, 0.1) is 5.69 Å². The number of carbonyl (C=O) groups is 2. The van der Waals surface area contributed by atoms with Gasteiger partial charge in [0.1, 0.15) is 5.92 Å². The summed E-state index contributed by atoms with van der Waals surface area (Å²) >= 11 is 0. The van der Waals surface area contributed by atoms with E-state index >= 15 is 0 Å². The van der Waals surface area contributed by atoms with Gasteiger partial charge in [0.15, 0.2) is 0 Å². The lowest BCUT2D eigenvalue weighted by Gasteiger charge is -2.08. The SMILES string of the molecule is O=C(O)C1Cc2c[nH]c3cccc(c23)NC1=O. The Morgan fingerprint density at radius 3 is 3.00 bits per heavy atom. The van der Waals surface area contributed by atoms with Crippen molar-refractivity contribution in [2.45, 2.75) is 6.42 Å². The first-order chi connectivity index (χ1) is 8.16. The molecule has 1 atom stereocenters. The maximum absolute atomic E-state index is 11.8. The van der Waals surface area contributed by atoms with Crippen LogP contribution in [0, 0.1) is 5.92 Å². The number of benzene rings is 1. The number of H-pyrrole nitrogens is 1.